The van der Waals surface area contributed by atoms with Crippen LogP contribution in [0.4, 0.5) is 14.0 Å². The molecule has 3 atom stereocenters. The second-order valence-electron chi connectivity index (χ2n) is 5.16. The van der Waals surface area contributed by atoms with E-state index in [1.165, 1.54) is 0 Å². The fraction of sp³-hybridized carbons (Fsp3) is 0.467. The summed E-state index contributed by atoms with van der Waals surface area (Å²) in [5, 5.41) is 2.54. The number of rotatable bonds is 4. The molecular weight excluding hydrogens is 291 g/mol. The molecule has 1 aromatic rings. The average Bonchev–Trinajstić information content (AvgIpc) is 2.49. The summed E-state index contributed by atoms with van der Waals surface area (Å²) in [4.78, 5) is 22.6. The molecule has 7 heteroatoms. The molecule has 6 nitrogen and oxygen atoms in total. The van der Waals surface area contributed by atoms with Crippen molar-refractivity contribution in [1.29, 1.82) is 0 Å². The van der Waals surface area contributed by atoms with E-state index in [2.05, 4.69) is 5.32 Å². The molecule has 1 aliphatic rings. The van der Waals surface area contributed by atoms with Crippen LogP contribution < -0.4 is 11.1 Å². The highest BCUT2D eigenvalue weighted by Gasteiger charge is 2.37. The molecule has 22 heavy (non-hydrogen) atoms. The number of primary amides is 1. The third-order valence-corrected chi connectivity index (χ3v) is 3.52. The van der Waals surface area contributed by atoms with Gasteiger partial charge in [-0.05, 0) is 24.8 Å². The number of hydrogen-bond acceptors (Lipinski definition) is 4. The van der Waals surface area contributed by atoms with Crippen molar-refractivity contribution in [2.24, 2.45) is 5.73 Å². The smallest absolute Gasteiger partial charge is 0.407 e. The van der Waals surface area contributed by atoms with Crippen molar-refractivity contribution < 1.29 is 23.5 Å². The molecule has 120 valence electrons. The first kappa shape index (κ1) is 16.1. The van der Waals surface area contributed by atoms with Crippen LogP contribution in [0.5, 0.6) is 0 Å². The van der Waals surface area contributed by atoms with Crippen LogP contribution in [0.3, 0.4) is 0 Å². The number of hydrogen-bond donors (Lipinski definition) is 2. The number of alkyl carbamates (subject to hydrolysis) is 1. The van der Waals surface area contributed by atoms with Crippen molar-refractivity contribution >= 4 is 12.2 Å². The predicted molar refractivity (Wildman–Crippen MR) is 76.8 cm³/mol. The van der Waals surface area contributed by atoms with Crippen LogP contribution in [0.15, 0.2) is 30.3 Å². The van der Waals surface area contributed by atoms with Gasteiger partial charge in [0.25, 0.3) is 0 Å². The fourth-order valence-electron chi connectivity index (χ4n) is 2.47. The van der Waals surface area contributed by atoms with Gasteiger partial charge in [-0.2, -0.15) is 0 Å². The Morgan fingerprint density at radius 3 is 2.68 bits per heavy atom. The van der Waals surface area contributed by atoms with E-state index in [0.717, 1.165) is 5.56 Å². The lowest BCUT2D eigenvalue weighted by molar-refractivity contribution is 0.00148. The summed E-state index contributed by atoms with van der Waals surface area (Å²) in [6.45, 7) is 0.111. The van der Waals surface area contributed by atoms with Gasteiger partial charge in [-0.15, -0.1) is 0 Å². The minimum atomic E-state index is -1.35. The van der Waals surface area contributed by atoms with Crippen LogP contribution in [0.25, 0.3) is 0 Å². The third kappa shape index (κ3) is 4.61. The molecule has 0 saturated heterocycles. The van der Waals surface area contributed by atoms with Gasteiger partial charge in [0.05, 0.1) is 6.04 Å². The number of halogens is 1. The Balaban J connectivity index is 1.86. The van der Waals surface area contributed by atoms with E-state index in [9.17, 15) is 14.0 Å². The van der Waals surface area contributed by atoms with Crippen molar-refractivity contribution in [2.75, 3.05) is 0 Å². The highest BCUT2D eigenvalue weighted by atomic mass is 19.1. The standard InChI is InChI=1S/C15H19FN2O4/c16-11-7-4-8-12(13(11)22-14(17)19)18-15(20)21-9-10-5-2-1-3-6-10/h1-3,5-6,11-13H,4,7-9H2,(H2,17,19)(H,18,20)/t11-,12-,13+/m0/s1. The molecule has 1 fully saturated rings. The lowest BCUT2D eigenvalue weighted by Gasteiger charge is -2.33. The Hall–Kier alpha value is -2.31. The Morgan fingerprint density at radius 1 is 1.27 bits per heavy atom. The van der Waals surface area contributed by atoms with Gasteiger partial charge in [-0.3, -0.25) is 0 Å². The second kappa shape index (κ2) is 7.63. The molecule has 0 bridgehead atoms. The molecule has 3 N–H and O–H groups in total. The second-order valence-corrected chi connectivity index (χ2v) is 5.16. The Labute approximate surface area is 127 Å². The number of alkyl halides is 1. The van der Waals surface area contributed by atoms with Gasteiger partial charge in [0.1, 0.15) is 12.8 Å². The molecule has 0 aromatic heterocycles. The number of carbonyl (C=O) groups excluding carboxylic acids is 2. The third-order valence-electron chi connectivity index (χ3n) is 3.52. The van der Waals surface area contributed by atoms with Crippen LogP contribution in [-0.2, 0) is 16.1 Å². The molecule has 1 aromatic carbocycles. The average molecular weight is 310 g/mol. The summed E-state index contributed by atoms with van der Waals surface area (Å²) in [7, 11) is 0. The van der Waals surface area contributed by atoms with E-state index < -0.39 is 30.5 Å². The predicted octanol–water partition coefficient (Wildman–Crippen LogP) is 2.27. The summed E-state index contributed by atoms with van der Waals surface area (Å²) in [6, 6.07) is 8.54. The molecule has 0 heterocycles. The molecule has 1 saturated carbocycles. The van der Waals surface area contributed by atoms with Gasteiger partial charge < -0.3 is 20.5 Å². The lowest BCUT2D eigenvalue weighted by Crippen LogP contribution is -2.52. The highest BCUT2D eigenvalue weighted by Crippen LogP contribution is 2.24. The van der Waals surface area contributed by atoms with E-state index in [4.69, 9.17) is 15.2 Å². The number of nitrogens with one attached hydrogen (secondary N) is 1. The minimum absolute atomic E-state index is 0.111. The van der Waals surface area contributed by atoms with Gasteiger partial charge in [0.2, 0.25) is 0 Å². The quantitative estimate of drug-likeness (QED) is 0.892. The SMILES string of the molecule is NC(=O)O[C@H]1[C@@H](NC(=O)OCc2ccccc2)CCC[C@@H]1F. The molecular formula is C15H19FN2O4. The van der Waals surface area contributed by atoms with Crippen molar-refractivity contribution in [2.45, 2.75) is 44.2 Å². The Morgan fingerprint density at radius 2 is 2.00 bits per heavy atom. The number of benzene rings is 1. The lowest BCUT2D eigenvalue weighted by atomic mass is 9.91. The van der Waals surface area contributed by atoms with E-state index in [1.807, 2.05) is 30.3 Å². The summed E-state index contributed by atoms with van der Waals surface area (Å²) < 4.78 is 23.7. The van der Waals surface area contributed by atoms with Crippen LogP contribution in [-0.4, -0.2) is 30.5 Å². The van der Waals surface area contributed by atoms with E-state index in [1.54, 1.807) is 0 Å². The van der Waals surface area contributed by atoms with Crippen LogP contribution in [0, 0.1) is 0 Å². The van der Waals surface area contributed by atoms with E-state index in [-0.39, 0.29) is 13.0 Å². The highest BCUT2D eigenvalue weighted by molar-refractivity contribution is 5.68. The number of carbonyl (C=O) groups is 2. The molecule has 0 unspecified atom stereocenters. The Bertz CT molecular complexity index is 512. The van der Waals surface area contributed by atoms with Gasteiger partial charge >= 0.3 is 12.2 Å². The fourth-order valence-corrected chi connectivity index (χ4v) is 2.47. The molecule has 0 radical (unpaired) electrons. The van der Waals surface area contributed by atoms with Crippen LogP contribution >= 0.6 is 0 Å². The van der Waals surface area contributed by atoms with Gasteiger partial charge in [-0.25, -0.2) is 14.0 Å². The number of ether oxygens (including phenoxy) is 2. The van der Waals surface area contributed by atoms with Gasteiger partial charge in [-0.1, -0.05) is 30.3 Å². The van der Waals surface area contributed by atoms with Crippen LogP contribution in [0.1, 0.15) is 24.8 Å². The topological polar surface area (TPSA) is 90.7 Å². The number of amides is 2. The molecule has 0 aliphatic heterocycles. The summed E-state index contributed by atoms with van der Waals surface area (Å²) in [5.74, 6) is 0. The normalized spacial score (nSPS) is 24.3. The first-order valence-corrected chi connectivity index (χ1v) is 7.13. The largest absolute Gasteiger partial charge is 0.445 e. The molecule has 1 aliphatic carbocycles. The van der Waals surface area contributed by atoms with Crippen molar-refractivity contribution in [3.8, 4) is 0 Å². The zero-order valence-electron chi connectivity index (χ0n) is 12.0. The van der Waals surface area contributed by atoms with Gasteiger partial charge in [0, 0.05) is 0 Å². The van der Waals surface area contributed by atoms with E-state index in [0.29, 0.717) is 12.8 Å². The van der Waals surface area contributed by atoms with Crippen LogP contribution in [0.2, 0.25) is 0 Å². The molecule has 2 amide bonds. The maximum Gasteiger partial charge on any atom is 0.407 e. The van der Waals surface area contributed by atoms with E-state index >= 15 is 0 Å². The molecule has 2 rings (SSSR count). The van der Waals surface area contributed by atoms with Crippen molar-refractivity contribution in [3.63, 3.8) is 0 Å². The zero-order chi connectivity index (χ0) is 15.9. The van der Waals surface area contributed by atoms with Crippen molar-refractivity contribution in [1.82, 2.24) is 5.32 Å². The summed E-state index contributed by atoms with van der Waals surface area (Å²) in [5.41, 5.74) is 5.78. The van der Waals surface area contributed by atoms with Crippen molar-refractivity contribution in [3.05, 3.63) is 35.9 Å². The maximum absolute atomic E-state index is 13.8. The summed E-state index contributed by atoms with van der Waals surface area (Å²) >= 11 is 0. The monoisotopic (exact) mass is 310 g/mol. The van der Waals surface area contributed by atoms with Gasteiger partial charge in [0.15, 0.2) is 6.10 Å². The minimum Gasteiger partial charge on any atom is -0.445 e. The molecule has 0 spiro atoms. The summed E-state index contributed by atoms with van der Waals surface area (Å²) in [6.07, 6.45) is -2.80. The first-order valence-electron chi connectivity index (χ1n) is 7.13. The maximum atomic E-state index is 13.8. The first-order chi connectivity index (χ1) is 10.6. The zero-order valence-corrected chi connectivity index (χ0v) is 12.0. The number of nitrogens with two attached hydrogens (primary N) is 1. The Kier molecular flexibility index (Phi) is 5.57.